The number of nitrogens with two attached hydrogens (primary N) is 1. The zero-order chi connectivity index (χ0) is 26.9. The maximum Gasteiger partial charge on any atom is 0.245 e. The van der Waals surface area contributed by atoms with E-state index in [1.165, 1.54) is 0 Å². The summed E-state index contributed by atoms with van der Waals surface area (Å²) in [6.45, 7) is 5.85. The molecule has 1 aliphatic heterocycles. The summed E-state index contributed by atoms with van der Waals surface area (Å²) in [4.78, 5) is 41.2. The number of methoxy groups -OCH3 is 1. The smallest absolute Gasteiger partial charge is 0.245 e. The molecular formula is C29H40N4O4. The molecule has 8 nitrogen and oxygen atoms in total. The van der Waals surface area contributed by atoms with Gasteiger partial charge in [0.1, 0.15) is 6.04 Å². The molecule has 0 saturated carbocycles. The fraction of sp³-hybridized carbons (Fsp3) is 0.483. The van der Waals surface area contributed by atoms with E-state index in [0.717, 1.165) is 24.0 Å². The van der Waals surface area contributed by atoms with E-state index in [4.69, 9.17) is 10.5 Å². The Balaban J connectivity index is 1.82. The molecule has 4 N–H and O–H groups in total. The molecule has 1 fully saturated rings. The number of nitrogens with one attached hydrogen (secondary N) is 2. The number of rotatable bonds is 10. The number of benzene rings is 2. The van der Waals surface area contributed by atoms with Crippen LogP contribution in [-0.2, 0) is 19.1 Å². The third-order valence-corrected chi connectivity index (χ3v) is 6.91. The molecule has 1 heterocycles. The fourth-order valence-corrected chi connectivity index (χ4v) is 4.85. The van der Waals surface area contributed by atoms with Crippen LogP contribution in [0, 0.1) is 5.92 Å². The molecule has 2 aromatic carbocycles. The highest BCUT2D eigenvalue weighted by Crippen LogP contribution is 2.26. The van der Waals surface area contributed by atoms with Crippen molar-refractivity contribution in [3.05, 3.63) is 71.8 Å². The number of hydrogen-bond acceptors (Lipinski definition) is 5. The van der Waals surface area contributed by atoms with Crippen molar-refractivity contribution in [3.63, 3.8) is 0 Å². The van der Waals surface area contributed by atoms with Gasteiger partial charge in [-0.15, -0.1) is 0 Å². The van der Waals surface area contributed by atoms with Gasteiger partial charge in [0.25, 0.3) is 0 Å². The first-order valence-electron chi connectivity index (χ1n) is 13.0. The number of nitrogens with zero attached hydrogens (tertiary/aromatic N) is 1. The summed E-state index contributed by atoms with van der Waals surface area (Å²) in [7, 11) is 1.61. The van der Waals surface area contributed by atoms with Gasteiger partial charge in [-0.1, -0.05) is 74.5 Å². The number of likely N-dealkylation sites (tertiary alicyclic amines) is 1. The Kier molecular flexibility index (Phi) is 10.2. The van der Waals surface area contributed by atoms with Gasteiger partial charge in [0.05, 0.1) is 24.2 Å². The lowest BCUT2D eigenvalue weighted by Gasteiger charge is -2.42. The van der Waals surface area contributed by atoms with Crippen molar-refractivity contribution in [1.82, 2.24) is 15.5 Å². The molecule has 0 spiro atoms. The highest BCUT2D eigenvalue weighted by atomic mass is 16.5. The number of amides is 3. The van der Waals surface area contributed by atoms with E-state index in [1.807, 2.05) is 74.5 Å². The van der Waals surface area contributed by atoms with E-state index in [0.29, 0.717) is 6.54 Å². The molecule has 0 aliphatic carbocycles. The van der Waals surface area contributed by atoms with Crippen LogP contribution in [0.15, 0.2) is 60.7 Å². The van der Waals surface area contributed by atoms with Crippen molar-refractivity contribution in [2.45, 2.75) is 70.3 Å². The van der Waals surface area contributed by atoms with E-state index in [2.05, 4.69) is 10.6 Å². The van der Waals surface area contributed by atoms with Crippen molar-refractivity contribution >= 4 is 17.7 Å². The summed E-state index contributed by atoms with van der Waals surface area (Å²) in [6.07, 6.45) is 1.31. The second-order valence-electron chi connectivity index (χ2n) is 10.1. The minimum Gasteiger partial charge on any atom is -0.379 e. The Morgan fingerprint density at radius 1 is 0.973 bits per heavy atom. The van der Waals surface area contributed by atoms with Gasteiger partial charge >= 0.3 is 0 Å². The van der Waals surface area contributed by atoms with Crippen molar-refractivity contribution < 1.29 is 19.1 Å². The van der Waals surface area contributed by atoms with Gasteiger partial charge in [-0.05, 0) is 36.8 Å². The summed E-state index contributed by atoms with van der Waals surface area (Å²) < 4.78 is 5.74. The molecule has 3 rings (SSSR count). The molecule has 4 atom stereocenters. The summed E-state index contributed by atoms with van der Waals surface area (Å²) in [5.41, 5.74) is 7.68. The van der Waals surface area contributed by atoms with Crippen LogP contribution in [0.25, 0.3) is 0 Å². The molecule has 3 amide bonds. The molecule has 0 radical (unpaired) electrons. The highest BCUT2D eigenvalue weighted by molar-refractivity contribution is 5.90. The molecule has 37 heavy (non-hydrogen) atoms. The topological polar surface area (TPSA) is 114 Å². The summed E-state index contributed by atoms with van der Waals surface area (Å²) in [6, 6.07) is 17.4. The van der Waals surface area contributed by atoms with Crippen LogP contribution in [0.4, 0.5) is 0 Å². The fourth-order valence-electron chi connectivity index (χ4n) is 4.85. The first kappa shape index (κ1) is 28.3. The van der Waals surface area contributed by atoms with Crippen molar-refractivity contribution in [1.29, 1.82) is 0 Å². The number of carbonyl (C=O) groups is 3. The number of hydrogen-bond donors (Lipinski definition) is 3. The molecule has 0 bridgehead atoms. The Labute approximate surface area is 219 Å². The summed E-state index contributed by atoms with van der Waals surface area (Å²) in [5.74, 6) is -0.917. The van der Waals surface area contributed by atoms with E-state index < -0.39 is 18.1 Å². The second-order valence-corrected chi connectivity index (χ2v) is 10.1. The molecule has 2 aromatic rings. The third kappa shape index (κ3) is 7.40. The zero-order valence-corrected chi connectivity index (χ0v) is 22.2. The molecule has 0 unspecified atom stereocenters. The minimum absolute atomic E-state index is 0.0897. The molecule has 1 saturated heterocycles. The molecule has 1 aliphatic rings. The van der Waals surface area contributed by atoms with Crippen LogP contribution < -0.4 is 16.4 Å². The molecule has 0 aromatic heterocycles. The van der Waals surface area contributed by atoms with Gasteiger partial charge in [-0.2, -0.15) is 0 Å². The van der Waals surface area contributed by atoms with Crippen LogP contribution in [-0.4, -0.2) is 60.5 Å². The van der Waals surface area contributed by atoms with E-state index in [9.17, 15) is 14.4 Å². The van der Waals surface area contributed by atoms with E-state index >= 15 is 0 Å². The Bertz CT molecular complexity index is 989. The van der Waals surface area contributed by atoms with Crippen molar-refractivity contribution in [2.75, 3.05) is 13.7 Å². The van der Waals surface area contributed by atoms with Gasteiger partial charge in [0.2, 0.25) is 17.7 Å². The van der Waals surface area contributed by atoms with Gasteiger partial charge in [-0.25, -0.2) is 0 Å². The van der Waals surface area contributed by atoms with Crippen LogP contribution in [0.2, 0.25) is 0 Å². The normalized spacial score (nSPS) is 19.4. The second kappa shape index (κ2) is 13.4. The number of piperidine rings is 1. The predicted molar refractivity (Wildman–Crippen MR) is 143 cm³/mol. The van der Waals surface area contributed by atoms with Gasteiger partial charge in [-0.3, -0.25) is 14.4 Å². The lowest BCUT2D eigenvalue weighted by atomic mass is 9.92. The lowest BCUT2D eigenvalue weighted by molar-refractivity contribution is -0.147. The van der Waals surface area contributed by atoms with Gasteiger partial charge in [0, 0.05) is 20.1 Å². The lowest BCUT2D eigenvalue weighted by Crippen LogP contribution is -2.60. The minimum atomic E-state index is -0.735. The van der Waals surface area contributed by atoms with E-state index in [-0.39, 0.29) is 42.2 Å². The molecular weight excluding hydrogens is 468 g/mol. The standard InChI is InChI=1S/C29H40N4O4/c1-19(2)26(32-28(35)20(3)30)29(36)33-17-11-16-24(37-4)23(33)18-25(34)31-27(21-12-7-5-8-13-21)22-14-9-6-10-15-22/h5-10,12-15,19-20,23-24,26-27H,11,16-18,30H2,1-4H3,(H,31,34)(H,32,35)/t20-,23-,24-,26-/m0/s1. The van der Waals surface area contributed by atoms with Gasteiger partial charge in [0.15, 0.2) is 0 Å². The average molecular weight is 509 g/mol. The van der Waals surface area contributed by atoms with Crippen LogP contribution in [0.5, 0.6) is 0 Å². The summed E-state index contributed by atoms with van der Waals surface area (Å²) in [5, 5.41) is 5.98. The number of ether oxygens (including phenoxy) is 1. The largest absolute Gasteiger partial charge is 0.379 e. The number of carbonyl (C=O) groups excluding carboxylic acids is 3. The first-order chi connectivity index (χ1) is 17.7. The monoisotopic (exact) mass is 508 g/mol. The first-order valence-corrected chi connectivity index (χ1v) is 13.0. The Morgan fingerprint density at radius 3 is 2.03 bits per heavy atom. The average Bonchev–Trinajstić information content (AvgIpc) is 2.90. The van der Waals surface area contributed by atoms with Gasteiger partial charge < -0.3 is 26.0 Å². The highest BCUT2D eigenvalue weighted by Gasteiger charge is 2.40. The Morgan fingerprint density at radius 2 is 1.54 bits per heavy atom. The molecule has 8 heteroatoms. The zero-order valence-electron chi connectivity index (χ0n) is 22.2. The maximum absolute atomic E-state index is 13.7. The third-order valence-electron chi connectivity index (χ3n) is 6.91. The molecule has 200 valence electrons. The Hall–Kier alpha value is -3.23. The van der Waals surface area contributed by atoms with Crippen LogP contribution >= 0.6 is 0 Å². The van der Waals surface area contributed by atoms with Crippen LogP contribution in [0.3, 0.4) is 0 Å². The SMILES string of the molecule is CO[C@H]1CCCN(C(=O)[C@@H](NC(=O)[C@H](C)N)C(C)C)[C@H]1CC(=O)NC(c1ccccc1)c1ccccc1. The summed E-state index contributed by atoms with van der Waals surface area (Å²) >= 11 is 0. The van der Waals surface area contributed by atoms with Crippen LogP contribution in [0.1, 0.15) is 57.2 Å². The maximum atomic E-state index is 13.7. The predicted octanol–water partition coefficient (Wildman–Crippen LogP) is 2.78. The quantitative estimate of drug-likeness (QED) is 0.457. The van der Waals surface area contributed by atoms with Crippen molar-refractivity contribution in [2.24, 2.45) is 11.7 Å². The van der Waals surface area contributed by atoms with Crippen molar-refractivity contribution in [3.8, 4) is 0 Å². The van der Waals surface area contributed by atoms with E-state index in [1.54, 1.807) is 18.9 Å².